The molecule has 25 heavy (non-hydrogen) atoms. The van der Waals surface area contributed by atoms with Crippen molar-refractivity contribution in [3.05, 3.63) is 0 Å². The number of amides is 1. The first-order valence-corrected chi connectivity index (χ1v) is 9.49. The number of rotatable bonds is 6. The van der Waals surface area contributed by atoms with Crippen molar-refractivity contribution in [2.24, 2.45) is 4.99 Å². The summed E-state index contributed by atoms with van der Waals surface area (Å²) in [5, 5.41) is 6.82. The molecule has 0 spiro atoms. The number of carbonyl (C=O) groups is 1. The van der Waals surface area contributed by atoms with Crippen molar-refractivity contribution < 1.29 is 14.3 Å². The van der Waals surface area contributed by atoms with Crippen molar-refractivity contribution in [2.75, 3.05) is 65.6 Å². The zero-order valence-corrected chi connectivity index (χ0v) is 15.6. The summed E-state index contributed by atoms with van der Waals surface area (Å²) in [6.45, 7) is 12.0. The molecule has 2 N–H and O–H groups in total. The van der Waals surface area contributed by atoms with Crippen LogP contribution in [0.25, 0.3) is 0 Å². The fourth-order valence-corrected chi connectivity index (χ4v) is 3.06. The molecule has 2 saturated heterocycles. The Labute approximate surface area is 150 Å². The maximum atomic E-state index is 11.8. The monoisotopic (exact) mass is 355 g/mol. The highest BCUT2D eigenvalue weighted by molar-refractivity contribution is 5.80. The van der Waals surface area contributed by atoms with Gasteiger partial charge in [0.15, 0.2) is 5.96 Å². The van der Waals surface area contributed by atoms with E-state index < -0.39 is 0 Å². The molecule has 0 unspecified atom stereocenters. The standard InChI is InChI=1S/C17H33N5O3/c1-3-18-16(19-7-10-21-11-13-24-14-12-21)20-15-5-8-22(9-6-15)17(23)25-4-2/h15H,3-14H2,1-2H3,(H2,18,19,20). The maximum absolute atomic E-state index is 11.8. The van der Waals surface area contributed by atoms with Gasteiger partial charge in [0.05, 0.1) is 26.4 Å². The quantitative estimate of drug-likeness (QED) is 0.533. The van der Waals surface area contributed by atoms with Crippen LogP contribution in [0, 0.1) is 0 Å². The topological polar surface area (TPSA) is 78.4 Å². The summed E-state index contributed by atoms with van der Waals surface area (Å²) in [4.78, 5) is 20.6. The molecule has 0 radical (unpaired) electrons. The van der Waals surface area contributed by atoms with Gasteiger partial charge in [-0.1, -0.05) is 0 Å². The van der Waals surface area contributed by atoms with Crippen molar-refractivity contribution in [1.82, 2.24) is 20.4 Å². The first-order chi connectivity index (χ1) is 12.2. The highest BCUT2D eigenvalue weighted by atomic mass is 16.6. The van der Waals surface area contributed by atoms with Gasteiger partial charge in [-0.05, 0) is 26.7 Å². The van der Waals surface area contributed by atoms with Crippen molar-refractivity contribution >= 4 is 12.1 Å². The number of ether oxygens (including phenoxy) is 2. The van der Waals surface area contributed by atoms with Gasteiger partial charge in [0.2, 0.25) is 0 Å². The van der Waals surface area contributed by atoms with Crippen molar-refractivity contribution in [3.8, 4) is 0 Å². The highest BCUT2D eigenvalue weighted by Crippen LogP contribution is 2.11. The van der Waals surface area contributed by atoms with Gasteiger partial charge in [-0.3, -0.25) is 9.89 Å². The molecule has 0 saturated carbocycles. The predicted octanol–water partition coefficient (Wildman–Crippen LogP) is 0.495. The van der Waals surface area contributed by atoms with Gasteiger partial charge >= 0.3 is 6.09 Å². The van der Waals surface area contributed by atoms with E-state index in [1.165, 1.54) is 0 Å². The van der Waals surface area contributed by atoms with Crippen LogP contribution in [0.15, 0.2) is 4.99 Å². The Balaban J connectivity index is 1.73. The lowest BCUT2D eigenvalue weighted by atomic mass is 10.1. The van der Waals surface area contributed by atoms with E-state index in [1.807, 2.05) is 6.92 Å². The van der Waals surface area contributed by atoms with E-state index in [2.05, 4.69) is 22.5 Å². The molecule has 2 aliphatic rings. The molecule has 1 amide bonds. The van der Waals surface area contributed by atoms with Crippen molar-refractivity contribution in [1.29, 1.82) is 0 Å². The van der Waals surface area contributed by atoms with E-state index in [0.29, 0.717) is 12.6 Å². The fourth-order valence-electron chi connectivity index (χ4n) is 3.06. The smallest absolute Gasteiger partial charge is 0.409 e. The third-order valence-electron chi connectivity index (χ3n) is 4.50. The lowest BCUT2D eigenvalue weighted by Gasteiger charge is -2.32. The molecule has 0 aromatic rings. The molecule has 144 valence electrons. The van der Waals surface area contributed by atoms with E-state index in [1.54, 1.807) is 4.90 Å². The predicted molar refractivity (Wildman–Crippen MR) is 98.0 cm³/mol. The number of likely N-dealkylation sites (tertiary alicyclic amines) is 1. The molecule has 0 bridgehead atoms. The third kappa shape index (κ3) is 7.07. The second-order valence-corrected chi connectivity index (χ2v) is 6.32. The summed E-state index contributed by atoms with van der Waals surface area (Å²) in [5.41, 5.74) is 0. The van der Waals surface area contributed by atoms with Gasteiger partial charge < -0.3 is 25.0 Å². The van der Waals surface area contributed by atoms with Crippen LogP contribution in [0.1, 0.15) is 26.7 Å². The fraction of sp³-hybridized carbons (Fsp3) is 0.882. The summed E-state index contributed by atoms with van der Waals surface area (Å²) < 4.78 is 10.4. The third-order valence-corrected chi connectivity index (χ3v) is 4.50. The molecule has 2 rings (SSSR count). The Hall–Kier alpha value is -1.54. The molecule has 0 aliphatic carbocycles. The number of piperidine rings is 1. The van der Waals surface area contributed by atoms with Crippen LogP contribution in [0.4, 0.5) is 4.79 Å². The van der Waals surface area contributed by atoms with Crippen LogP contribution in [-0.2, 0) is 9.47 Å². The van der Waals surface area contributed by atoms with Crippen LogP contribution in [0.5, 0.6) is 0 Å². The number of guanidine groups is 1. The second kappa shape index (κ2) is 11.1. The largest absolute Gasteiger partial charge is 0.450 e. The lowest BCUT2D eigenvalue weighted by molar-refractivity contribution is 0.0394. The molecule has 0 aromatic carbocycles. The average Bonchev–Trinajstić information content (AvgIpc) is 2.63. The second-order valence-electron chi connectivity index (χ2n) is 6.32. The maximum Gasteiger partial charge on any atom is 0.409 e. The lowest BCUT2D eigenvalue weighted by Crippen LogP contribution is -2.50. The van der Waals surface area contributed by atoms with Crippen molar-refractivity contribution in [2.45, 2.75) is 32.7 Å². The minimum atomic E-state index is -0.202. The molecule has 8 heteroatoms. The Morgan fingerprint density at radius 1 is 1.20 bits per heavy atom. The summed E-state index contributed by atoms with van der Waals surface area (Å²) in [5.74, 6) is 0.866. The number of nitrogens with one attached hydrogen (secondary N) is 2. The van der Waals surface area contributed by atoms with Gasteiger partial charge in [0.1, 0.15) is 0 Å². The van der Waals surface area contributed by atoms with Gasteiger partial charge in [-0.25, -0.2) is 4.79 Å². The minimum absolute atomic E-state index is 0.202. The van der Waals surface area contributed by atoms with Gasteiger partial charge in [-0.2, -0.15) is 0 Å². The number of aliphatic imine (C=N–C) groups is 1. The van der Waals surface area contributed by atoms with Crippen LogP contribution in [0.3, 0.4) is 0 Å². The normalized spacial score (nSPS) is 20.4. The van der Waals surface area contributed by atoms with E-state index >= 15 is 0 Å². The minimum Gasteiger partial charge on any atom is -0.450 e. The summed E-state index contributed by atoms with van der Waals surface area (Å²) in [7, 11) is 0. The number of nitrogens with zero attached hydrogens (tertiary/aromatic N) is 3. The number of hydrogen-bond acceptors (Lipinski definition) is 5. The Morgan fingerprint density at radius 3 is 2.56 bits per heavy atom. The molecule has 2 fully saturated rings. The van der Waals surface area contributed by atoms with Crippen LogP contribution < -0.4 is 10.6 Å². The Bertz CT molecular complexity index is 419. The van der Waals surface area contributed by atoms with E-state index in [0.717, 1.165) is 77.8 Å². The zero-order valence-electron chi connectivity index (χ0n) is 15.6. The first-order valence-electron chi connectivity index (χ1n) is 9.49. The SMILES string of the molecule is CCNC(=NCCN1CCOCC1)NC1CCN(C(=O)OCC)CC1. The molecule has 0 atom stereocenters. The Morgan fingerprint density at radius 2 is 1.92 bits per heavy atom. The van der Waals surface area contributed by atoms with Gasteiger partial charge in [0.25, 0.3) is 0 Å². The summed E-state index contributed by atoms with van der Waals surface area (Å²) in [6, 6.07) is 0.340. The van der Waals surface area contributed by atoms with Gasteiger partial charge in [0, 0.05) is 45.3 Å². The van der Waals surface area contributed by atoms with Crippen LogP contribution in [0.2, 0.25) is 0 Å². The average molecular weight is 355 g/mol. The summed E-state index contributed by atoms with van der Waals surface area (Å²) >= 11 is 0. The zero-order chi connectivity index (χ0) is 17.9. The number of morpholine rings is 1. The molecule has 8 nitrogen and oxygen atoms in total. The van der Waals surface area contributed by atoms with Crippen LogP contribution >= 0.6 is 0 Å². The molecule has 2 aliphatic heterocycles. The summed E-state index contributed by atoms with van der Waals surface area (Å²) in [6.07, 6.45) is 1.62. The molecular weight excluding hydrogens is 322 g/mol. The number of carbonyl (C=O) groups excluding carboxylic acids is 1. The number of hydrogen-bond donors (Lipinski definition) is 2. The molecular formula is C17H33N5O3. The van der Waals surface area contributed by atoms with Crippen molar-refractivity contribution in [3.63, 3.8) is 0 Å². The first kappa shape index (κ1) is 19.8. The Kier molecular flexibility index (Phi) is 8.82. The van der Waals surface area contributed by atoms with Gasteiger partial charge in [-0.15, -0.1) is 0 Å². The molecule has 0 aromatic heterocycles. The molecule has 2 heterocycles. The van der Waals surface area contributed by atoms with Crippen LogP contribution in [-0.4, -0.2) is 93.5 Å². The van der Waals surface area contributed by atoms with E-state index in [9.17, 15) is 4.79 Å². The van der Waals surface area contributed by atoms with E-state index in [4.69, 9.17) is 14.5 Å². The highest BCUT2D eigenvalue weighted by Gasteiger charge is 2.24. The van der Waals surface area contributed by atoms with E-state index in [-0.39, 0.29) is 6.09 Å².